The van der Waals surface area contributed by atoms with Crippen LogP contribution in [-0.2, 0) is 0 Å². The minimum Gasteiger partial charge on any atom is -0.364 e. The molecule has 0 radical (unpaired) electrons. The van der Waals surface area contributed by atoms with Crippen molar-refractivity contribution in [2.24, 2.45) is 5.73 Å². The zero-order chi connectivity index (χ0) is 21.4. The van der Waals surface area contributed by atoms with Gasteiger partial charge in [-0.3, -0.25) is 9.59 Å². The van der Waals surface area contributed by atoms with Crippen molar-refractivity contribution in [3.05, 3.63) is 70.0 Å². The lowest BCUT2D eigenvalue weighted by atomic mass is 10.1. The molecular formula is C20H16Cl2FN5O2. The lowest BCUT2D eigenvalue weighted by Gasteiger charge is -2.34. The molecule has 1 aliphatic heterocycles. The molecule has 0 bridgehead atoms. The Kier molecular flexibility index (Phi) is 5.36. The number of nitrogens with one attached hydrogen (secondary N) is 1. The predicted octanol–water partition coefficient (Wildman–Crippen LogP) is 3.82. The molecule has 1 aromatic heterocycles. The maximum Gasteiger partial charge on any atom is 0.271 e. The third-order valence-electron chi connectivity index (χ3n) is 4.65. The van der Waals surface area contributed by atoms with Crippen molar-refractivity contribution in [2.45, 2.75) is 6.17 Å². The van der Waals surface area contributed by atoms with Crippen LogP contribution >= 0.6 is 23.2 Å². The molecule has 2 aromatic carbocycles. The second-order valence-corrected chi connectivity index (χ2v) is 7.59. The summed E-state index contributed by atoms with van der Waals surface area (Å²) in [6.45, 7) is 0.231. The summed E-state index contributed by atoms with van der Waals surface area (Å²) in [5.74, 6) is -0.959. The van der Waals surface area contributed by atoms with E-state index in [2.05, 4.69) is 10.4 Å². The number of nitrogens with zero attached hydrogens (tertiary/aromatic N) is 3. The normalized spacial score (nSPS) is 13.8. The van der Waals surface area contributed by atoms with E-state index in [-0.39, 0.29) is 24.7 Å². The zero-order valence-corrected chi connectivity index (χ0v) is 17.0. The minimum absolute atomic E-state index is 0.000654. The molecule has 0 atom stereocenters. The van der Waals surface area contributed by atoms with E-state index in [0.717, 1.165) is 0 Å². The fourth-order valence-corrected chi connectivity index (χ4v) is 3.67. The van der Waals surface area contributed by atoms with Crippen molar-refractivity contribution >= 4 is 46.4 Å². The van der Waals surface area contributed by atoms with Gasteiger partial charge in [0, 0.05) is 11.3 Å². The smallest absolute Gasteiger partial charge is 0.271 e. The number of anilines is 2. The lowest BCUT2D eigenvalue weighted by molar-refractivity contribution is 0.0400. The Morgan fingerprint density at radius 1 is 1.10 bits per heavy atom. The largest absolute Gasteiger partial charge is 0.364 e. The van der Waals surface area contributed by atoms with Crippen molar-refractivity contribution < 1.29 is 14.0 Å². The highest BCUT2D eigenvalue weighted by Gasteiger charge is 2.30. The first-order valence-electron chi connectivity index (χ1n) is 8.98. The van der Waals surface area contributed by atoms with Crippen LogP contribution in [0.15, 0.2) is 48.7 Å². The third-order valence-corrected chi connectivity index (χ3v) is 5.26. The van der Waals surface area contributed by atoms with Crippen LogP contribution in [-0.4, -0.2) is 45.8 Å². The van der Waals surface area contributed by atoms with Gasteiger partial charge in [-0.15, -0.1) is 0 Å². The van der Waals surface area contributed by atoms with Gasteiger partial charge in [0.05, 0.1) is 35.0 Å². The van der Waals surface area contributed by atoms with Crippen LogP contribution in [0.3, 0.4) is 0 Å². The van der Waals surface area contributed by atoms with E-state index in [9.17, 15) is 14.0 Å². The average Bonchev–Trinajstić information content (AvgIpc) is 3.09. The van der Waals surface area contributed by atoms with Crippen LogP contribution in [0.2, 0.25) is 10.0 Å². The number of carbonyl (C=O) groups is 2. The van der Waals surface area contributed by atoms with Crippen LogP contribution in [0.4, 0.5) is 15.8 Å². The zero-order valence-electron chi connectivity index (χ0n) is 15.5. The first-order chi connectivity index (χ1) is 14.3. The number of carbonyl (C=O) groups excluding carboxylic acids is 2. The van der Waals surface area contributed by atoms with Gasteiger partial charge in [-0.05, 0) is 36.4 Å². The molecule has 0 saturated carbocycles. The van der Waals surface area contributed by atoms with E-state index in [1.54, 1.807) is 48.7 Å². The number of hydrogen-bond acceptors (Lipinski definition) is 4. The number of rotatable bonds is 5. The second-order valence-electron chi connectivity index (χ2n) is 6.78. The second kappa shape index (κ2) is 7.97. The number of alkyl halides is 1. The lowest BCUT2D eigenvalue weighted by Crippen LogP contribution is -2.51. The molecule has 0 spiro atoms. The summed E-state index contributed by atoms with van der Waals surface area (Å²) in [6, 6.07) is 11.6. The molecule has 4 rings (SSSR count). The van der Waals surface area contributed by atoms with Crippen molar-refractivity contribution in [3.63, 3.8) is 0 Å². The van der Waals surface area contributed by atoms with E-state index >= 15 is 0 Å². The van der Waals surface area contributed by atoms with Crippen molar-refractivity contribution in [2.75, 3.05) is 18.4 Å². The summed E-state index contributed by atoms with van der Waals surface area (Å²) in [7, 11) is 0. The third kappa shape index (κ3) is 3.83. The Bertz CT molecular complexity index is 1110. The summed E-state index contributed by atoms with van der Waals surface area (Å²) in [5.41, 5.74) is 7.28. The van der Waals surface area contributed by atoms with Crippen LogP contribution in [0, 0.1) is 0 Å². The molecule has 1 saturated heterocycles. The van der Waals surface area contributed by atoms with Gasteiger partial charge in [-0.2, -0.15) is 5.10 Å². The first-order valence-corrected chi connectivity index (χ1v) is 9.73. The fourth-order valence-electron chi connectivity index (χ4n) is 3.09. The van der Waals surface area contributed by atoms with Gasteiger partial charge in [0.1, 0.15) is 11.9 Å². The van der Waals surface area contributed by atoms with Gasteiger partial charge in [0.2, 0.25) is 0 Å². The summed E-state index contributed by atoms with van der Waals surface area (Å²) in [6.07, 6.45) is 0.596. The number of hydrogen-bond donors (Lipinski definition) is 2. The van der Waals surface area contributed by atoms with Gasteiger partial charge in [-0.1, -0.05) is 29.3 Å². The Morgan fingerprint density at radius 2 is 1.73 bits per heavy atom. The number of likely N-dealkylation sites (tertiary alicyclic amines) is 1. The molecule has 154 valence electrons. The maximum atomic E-state index is 13.0. The van der Waals surface area contributed by atoms with Crippen LogP contribution in [0.25, 0.3) is 5.69 Å². The van der Waals surface area contributed by atoms with E-state index in [0.29, 0.717) is 32.7 Å². The number of para-hydroxylation sites is 1. The van der Waals surface area contributed by atoms with E-state index in [1.165, 1.54) is 9.58 Å². The molecule has 3 N–H and O–H groups in total. The van der Waals surface area contributed by atoms with E-state index < -0.39 is 12.1 Å². The monoisotopic (exact) mass is 447 g/mol. The standard InChI is InChI=1S/C20H16Cl2FN5O2/c21-14-2-1-3-15(22)18(14)28-10-16(17(26-28)19(24)29)25-13-6-4-11(5-7-13)20(30)27-8-12(23)9-27/h1-7,10,12,25H,8-9H2,(H2,24,29). The van der Waals surface area contributed by atoms with Gasteiger partial charge in [0.25, 0.3) is 11.8 Å². The summed E-state index contributed by atoms with van der Waals surface area (Å²) in [5, 5.41) is 7.98. The number of amides is 2. The number of benzene rings is 2. The molecule has 1 aliphatic rings. The number of halogens is 3. The Morgan fingerprint density at radius 3 is 2.30 bits per heavy atom. The molecule has 2 amide bonds. The number of nitrogens with two attached hydrogens (primary N) is 1. The van der Waals surface area contributed by atoms with E-state index in [1.807, 2.05) is 0 Å². The average molecular weight is 448 g/mol. The Labute approximate surface area is 181 Å². The molecule has 0 aliphatic carbocycles. The highest BCUT2D eigenvalue weighted by Crippen LogP contribution is 2.30. The van der Waals surface area contributed by atoms with Crippen molar-refractivity contribution in [1.29, 1.82) is 0 Å². The van der Waals surface area contributed by atoms with Gasteiger partial charge >= 0.3 is 0 Å². The maximum absolute atomic E-state index is 13.0. The van der Waals surface area contributed by atoms with E-state index in [4.69, 9.17) is 28.9 Å². The summed E-state index contributed by atoms with van der Waals surface area (Å²) >= 11 is 12.4. The van der Waals surface area contributed by atoms with Crippen molar-refractivity contribution in [1.82, 2.24) is 14.7 Å². The number of primary amides is 1. The highest BCUT2D eigenvalue weighted by molar-refractivity contribution is 6.37. The molecule has 7 nitrogen and oxygen atoms in total. The van der Waals surface area contributed by atoms with Gasteiger partial charge in [-0.25, -0.2) is 9.07 Å². The molecule has 2 heterocycles. The summed E-state index contributed by atoms with van der Waals surface area (Å²) in [4.78, 5) is 25.6. The number of aromatic nitrogens is 2. The topological polar surface area (TPSA) is 93.2 Å². The SMILES string of the molecule is NC(=O)c1nn(-c2c(Cl)cccc2Cl)cc1Nc1ccc(C(=O)N2CC(F)C2)cc1. The Hall–Kier alpha value is -3.10. The minimum atomic E-state index is -0.953. The van der Waals surface area contributed by atoms with Gasteiger partial charge in [0.15, 0.2) is 5.69 Å². The van der Waals surface area contributed by atoms with Gasteiger partial charge < -0.3 is 16.0 Å². The molecule has 0 unspecified atom stereocenters. The van der Waals surface area contributed by atoms with Crippen molar-refractivity contribution in [3.8, 4) is 5.69 Å². The molecular weight excluding hydrogens is 432 g/mol. The Balaban J connectivity index is 1.59. The highest BCUT2D eigenvalue weighted by atomic mass is 35.5. The quantitative estimate of drug-likeness (QED) is 0.621. The molecule has 1 fully saturated rings. The molecule has 30 heavy (non-hydrogen) atoms. The summed E-state index contributed by atoms with van der Waals surface area (Å²) < 4.78 is 14.3. The van der Waals surface area contributed by atoms with Crippen LogP contribution in [0.5, 0.6) is 0 Å². The molecule has 3 aromatic rings. The molecule has 10 heteroatoms. The van der Waals surface area contributed by atoms with Crippen LogP contribution < -0.4 is 11.1 Å². The predicted molar refractivity (Wildman–Crippen MR) is 113 cm³/mol. The fraction of sp³-hybridized carbons (Fsp3) is 0.150. The van der Waals surface area contributed by atoms with Crippen LogP contribution in [0.1, 0.15) is 20.8 Å². The first kappa shape index (κ1) is 20.2.